The van der Waals surface area contributed by atoms with E-state index in [0.29, 0.717) is 29.1 Å². The molecule has 3 rings (SSSR count). The second kappa shape index (κ2) is 5.72. The number of thiophene rings is 1. The van der Waals surface area contributed by atoms with Crippen molar-refractivity contribution in [2.24, 2.45) is 5.92 Å². The van der Waals surface area contributed by atoms with Crippen LogP contribution in [0.3, 0.4) is 0 Å². The maximum absolute atomic E-state index is 12.2. The minimum Gasteiger partial charge on any atom is -0.397 e. The van der Waals surface area contributed by atoms with Crippen molar-refractivity contribution in [3.05, 3.63) is 23.1 Å². The van der Waals surface area contributed by atoms with Gasteiger partial charge in [0.25, 0.3) is 5.91 Å². The minimum atomic E-state index is -0.0913. The molecule has 0 bridgehead atoms. The number of carbonyl (C=O) groups excluding carboxylic acids is 1. The zero-order valence-corrected chi connectivity index (χ0v) is 13.3. The normalized spacial score (nSPS) is 19.1. The molecule has 1 heterocycles. The molecule has 0 aromatic carbocycles. The molecule has 1 aromatic heterocycles. The first-order valence-corrected chi connectivity index (χ1v) is 8.51. The average molecular weight is 305 g/mol. The number of rotatable bonds is 7. The van der Waals surface area contributed by atoms with E-state index in [1.165, 1.54) is 42.6 Å². The Kier molecular flexibility index (Phi) is 3.93. The van der Waals surface area contributed by atoms with Crippen molar-refractivity contribution in [3.8, 4) is 0 Å². The molecule has 0 radical (unpaired) electrons. The lowest BCUT2D eigenvalue weighted by Crippen LogP contribution is -2.23. The Morgan fingerprint density at radius 1 is 1.48 bits per heavy atom. The number of nitrogens with two attached hydrogens (primary N) is 1. The van der Waals surface area contributed by atoms with Crippen LogP contribution in [0.1, 0.15) is 53.8 Å². The first-order chi connectivity index (χ1) is 10.1. The highest BCUT2D eigenvalue weighted by Crippen LogP contribution is 2.51. The van der Waals surface area contributed by atoms with E-state index < -0.39 is 0 Å². The van der Waals surface area contributed by atoms with Crippen molar-refractivity contribution in [2.75, 3.05) is 17.6 Å². The third kappa shape index (κ3) is 3.07. The van der Waals surface area contributed by atoms with Crippen LogP contribution in [0.2, 0.25) is 0 Å². The Hall–Kier alpha value is -1.49. The zero-order chi connectivity index (χ0) is 15.0. The topological polar surface area (TPSA) is 67.2 Å². The number of hydrogen-bond donors (Lipinski definition) is 3. The van der Waals surface area contributed by atoms with Gasteiger partial charge >= 0.3 is 0 Å². The molecule has 0 saturated heterocycles. The molecule has 1 aromatic rings. The summed E-state index contributed by atoms with van der Waals surface area (Å²) in [6, 6.07) is 0.463. The van der Waals surface area contributed by atoms with Crippen LogP contribution in [0, 0.1) is 5.92 Å². The third-order valence-electron chi connectivity index (χ3n) is 4.27. The molecule has 2 fully saturated rings. The molecule has 2 aliphatic rings. The van der Waals surface area contributed by atoms with E-state index in [2.05, 4.69) is 24.1 Å². The van der Waals surface area contributed by atoms with Crippen molar-refractivity contribution < 1.29 is 4.79 Å². The van der Waals surface area contributed by atoms with Gasteiger partial charge in [0, 0.05) is 18.2 Å². The van der Waals surface area contributed by atoms with Gasteiger partial charge < -0.3 is 16.4 Å². The van der Waals surface area contributed by atoms with E-state index in [-0.39, 0.29) is 5.91 Å². The smallest absolute Gasteiger partial charge is 0.263 e. The zero-order valence-electron chi connectivity index (χ0n) is 12.4. The lowest BCUT2D eigenvalue weighted by Gasteiger charge is -2.14. The van der Waals surface area contributed by atoms with Gasteiger partial charge in [0.15, 0.2) is 0 Å². The van der Waals surface area contributed by atoms with Crippen molar-refractivity contribution in [3.63, 3.8) is 0 Å². The molecular weight excluding hydrogens is 282 g/mol. The van der Waals surface area contributed by atoms with Crippen LogP contribution in [-0.4, -0.2) is 18.5 Å². The fourth-order valence-corrected chi connectivity index (χ4v) is 3.90. The van der Waals surface area contributed by atoms with Crippen LogP contribution in [0.5, 0.6) is 0 Å². The maximum Gasteiger partial charge on any atom is 0.263 e. The largest absolute Gasteiger partial charge is 0.397 e. The number of amides is 1. The Labute approximate surface area is 129 Å². The Bertz CT molecular complexity index is 558. The molecule has 4 N–H and O–H groups in total. The van der Waals surface area contributed by atoms with Gasteiger partial charge in [-0.25, -0.2) is 0 Å². The van der Waals surface area contributed by atoms with Gasteiger partial charge in [-0.3, -0.25) is 4.79 Å². The molecule has 2 saturated carbocycles. The summed E-state index contributed by atoms with van der Waals surface area (Å²) in [5.74, 6) is 1.22. The highest BCUT2D eigenvalue weighted by molar-refractivity contribution is 7.18. The molecule has 21 heavy (non-hydrogen) atoms. The standard InChI is InChI=1S/C16H23N3OS/c1-3-8-18-15(20)14-13(17)12(11-6-7-11)16(21-14)19-9(2)10-4-5-10/h3,9-11,19H,1,4-8,17H2,2H3,(H,18,20). The number of hydrogen-bond acceptors (Lipinski definition) is 4. The molecule has 1 unspecified atom stereocenters. The van der Waals surface area contributed by atoms with Gasteiger partial charge in [0.1, 0.15) is 4.88 Å². The number of carbonyl (C=O) groups is 1. The van der Waals surface area contributed by atoms with Crippen molar-refractivity contribution in [2.45, 2.75) is 44.6 Å². The van der Waals surface area contributed by atoms with Crippen molar-refractivity contribution in [1.82, 2.24) is 5.32 Å². The molecule has 4 nitrogen and oxygen atoms in total. The van der Waals surface area contributed by atoms with E-state index in [4.69, 9.17) is 5.73 Å². The van der Waals surface area contributed by atoms with Gasteiger partial charge in [-0.05, 0) is 44.4 Å². The fourth-order valence-electron chi connectivity index (χ4n) is 2.68. The lowest BCUT2D eigenvalue weighted by atomic mass is 10.1. The summed E-state index contributed by atoms with van der Waals surface area (Å²) in [5.41, 5.74) is 8.12. The molecule has 2 aliphatic carbocycles. The predicted molar refractivity (Wildman–Crippen MR) is 89.0 cm³/mol. The number of nitrogen functional groups attached to an aromatic ring is 1. The SMILES string of the molecule is C=CCNC(=O)c1sc(NC(C)C2CC2)c(C2CC2)c1N. The summed E-state index contributed by atoms with van der Waals surface area (Å²) in [7, 11) is 0. The summed E-state index contributed by atoms with van der Waals surface area (Å²) < 4.78 is 0. The highest BCUT2D eigenvalue weighted by atomic mass is 32.1. The van der Waals surface area contributed by atoms with Gasteiger partial charge in [-0.1, -0.05) is 6.08 Å². The second-order valence-electron chi connectivity index (χ2n) is 6.13. The van der Waals surface area contributed by atoms with E-state index >= 15 is 0 Å². The van der Waals surface area contributed by atoms with Gasteiger partial charge in [-0.15, -0.1) is 17.9 Å². The molecule has 5 heteroatoms. The number of nitrogens with one attached hydrogen (secondary N) is 2. The van der Waals surface area contributed by atoms with E-state index in [0.717, 1.165) is 10.9 Å². The maximum atomic E-state index is 12.2. The summed E-state index contributed by atoms with van der Waals surface area (Å²) in [6.45, 7) is 6.31. The monoisotopic (exact) mass is 305 g/mol. The molecule has 0 spiro atoms. The van der Waals surface area contributed by atoms with Gasteiger partial charge in [0.05, 0.1) is 10.7 Å². The first-order valence-electron chi connectivity index (χ1n) is 7.69. The molecular formula is C16H23N3OS. The van der Waals surface area contributed by atoms with Crippen LogP contribution in [0.4, 0.5) is 10.7 Å². The lowest BCUT2D eigenvalue weighted by molar-refractivity contribution is 0.0963. The van der Waals surface area contributed by atoms with Crippen LogP contribution >= 0.6 is 11.3 Å². The Morgan fingerprint density at radius 3 is 2.76 bits per heavy atom. The third-order valence-corrected chi connectivity index (χ3v) is 5.42. The Balaban J connectivity index is 1.83. The molecule has 1 amide bonds. The van der Waals surface area contributed by atoms with Crippen molar-refractivity contribution >= 4 is 27.9 Å². The van der Waals surface area contributed by atoms with Crippen LogP contribution in [0.25, 0.3) is 0 Å². The predicted octanol–water partition coefficient (Wildman–Crippen LogP) is 3.33. The molecule has 0 aliphatic heterocycles. The van der Waals surface area contributed by atoms with E-state index in [9.17, 15) is 4.79 Å². The van der Waals surface area contributed by atoms with Crippen LogP contribution in [-0.2, 0) is 0 Å². The highest BCUT2D eigenvalue weighted by Gasteiger charge is 2.35. The average Bonchev–Trinajstić information content (AvgIpc) is 3.35. The van der Waals surface area contributed by atoms with Gasteiger partial charge in [0.2, 0.25) is 0 Å². The van der Waals surface area contributed by atoms with Crippen LogP contribution in [0.15, 0.2) is 12.7 Å². The first kappa shape index (κ1) is 14.4. The minimum absolute atomic E-state index is 0.0913. The summed E-state index contributed by atoms with van der Waals surface area (Å²) >= 11 is 1.50. The van der Waals surface area contributed by atoms with Crippen molar-refractivity contribution in [1.29, 1.82) is 0 Å². The van der Waals surface area contributed by atoms with E-state index in [1.54, 1.807) is 6.08 Å². The summed E-state index contributed by atoms with van der Waals surface area (Å²) in [4.78, 5) is 12.9. The fraction of sp³-hybridized carbons (Fsp3) is 0.562. The van der Waals surface area contributed by atoms with E-state index in [1.807, 2.05) is 0 Å². The van der Waals surface area contributed by atoms with Crippen LogP contribution < -0.4 is 16.4 Å². The summed E-state index contributed by atoms with van der Waals surface area (Å²) in [5, 5.41) is 7.54. The Morgan fingerprint density at radius 2 is 2.19 bits per heavy atom. The quantitative estimate of drug-likeness (QED) is 0.677. The second-order valence-corrected chi connectivity index (χ2v) is 7.15. The number of anilines is 2. The molecule has 114 valence electrons. The summed E-state index contributed by atoms with van der Waals surface area (Å²) in [6.07, 6.45) is 6.65. The molecule has 1 atom stereocenters. The van der Waals surface area contributed by atoms with Gasteiger partial charge in [-0.2, -0.15) is 0 Å².